The summed E-state index contributed by atoms with van der Waals surface area (Å²) in [6.45, 7) is 5.05. The average molecular weight is 262 g/mol. The van der Waals surface area contributed by atoms with Crippen LogP contribution >= 0.6 is 11.6 Å². The molecule has 1 aromatic heterocycles. The lowest BCUT2D eigenvalue weighted by molar-refractivity contribution is 0.986. The predicted molar refractivity (Wildman–Crippen MR) is 75.2 cm³/mol. The van der Waals surface area contributed by atoms with Crippen LogP contribution in [0.2, 0.25) is 5.02 Å². The van der Waals surface area contributed by atoms with Gasteiger partial charge in [0.05, 0.1) is 6.20 Å². The summed E-state index contributed by atoms with van der Waals surface area (Å²) in [4.78, 5) is 7.94. The molecule has 1 aromatic carbocycles. The molecule has 0 saturated carbocycles. The van der Waals surface area contributed by atoms with E-state index in [4.69, 9.17) is 11.6 Å². The first-order valence-corrected chi connectivity index (χ1v) is 6.30. The van der Waals surface area contributed by atoms with Gasteiger partial charge >= 0.3 is 0 Å². The highest BCUT2D eigenvalue weighted by molar-refractivity contribution is 6.32. The third-order valence-electron chi connectivity index (χ3n) is 2.85. The van der Waals surface area contributed by atoms with E-state index in [2.05, 4.69) is 47.3 Å². The van der Waals surface area contributed by atoms with Crippen LogP contribution in [0, 0.1) is 13.8 Å². The lowest BCUT2D eigenvalue weighted by Crippen LogP contribution is -2.07. The van der Waals surface area contributed by atoms with Gasteiger partial charge in [-0.25, -0.2) is 9.97 Å². The molecule has 2 aromatic rings. The fraction of sp³-hybridized carbons (Fsp3) is 0.286. The number of nitrogens with zero attached hydrogens (tertiary/aromatic N) is 2. The van der Waals surface area contributed by atoms with Crippen molar-refractivity contribution in [3.8, 4) is 0 Å². The summed E-state index contributed by atoms with van der Waals surface area (Å²) in [7, 11) is 0. The highest BCUT2D eigenvalue weighted by atomic mass is 35.5. The van der Waals surface area contributed by atoms with Crippen molar-refractivity contribution in [3.05, 3.63) is 52.4 Å². The molecular formula is C14H16ClN3. The lowest BCUT2D eigenvalue weighted by atomic mass is 10.0. The molecule has 3 nitrogen and oxygen atoms in total. The van der Waals surface area contributed by atoms with Crippen LogP contribution in [0.15, 0.2) is 30.7 Å². The molecule has 0 aliphatic carbocycles. The topological polar surface area (TPSA) is 37.8 Å². The fourth-order valence-electron chi connectivity index (χ4n) is 1.88. The molecule has 0 aliphatic heterocycles. The van der Waals surface area contributed by atoms with Gasteiger partial charge in [-0.05, 0) is 31.4 Å². The molecule has 0 radical (unpaired) electrons. The van der Waals surface area contributed by atoms with Gasteiger partial charge in [0.1, 0.15) is 17.2 Å². The van der Waals surface area contributed by atoms with Crippen molar-refractivity contribution in [1.29, 1.82) is 0 Å². The maximum atomic E-state index is 5.97. The van der Waals surface area contributed by atoms with Crippen molar-refractivity contribution in [2.24, 2.45) is 0 Å². The van der Waals surface area contributed by atoms with Gasteiger partial charge in [0, 0.05) is 6.54 Å². The molecule has 2 rings (SSSR count). The van der Waals surface area contributed by atoms with E-state index in [0.29, 0.717) is 10.8 Å². The zero-order valence-electron chi connectivity index (χ0n) is 10.6. The molecule has 0 bridgehead atoms. The van der Waals surface area contributed by atoms with Gasteiger partial charge in [0.25, 0.3) is 0 Å². The molecular weight excluding hydrogens is 246 g/mol. The van der Waals surface area contributed by atoms with Gasteiger partial charge in [-0.2, -0.15) is 0 Å². The third kappa shape index (κ3) is 3.20. The standard InChI is InChI=1S/C14H16ClN3/c1-10-3-4-12(11(2)7-10)5-6-17-14-13(15)8-16-9-18-14/h3-4,7-9H,5-6H2,1-2H3,(H,16,17,18). The van der Waals surface area contributed by atoms with Crippen molar-refractivity contribution < 1.29 is 0 Å². The van der Waals surface area contributed by atoms with Crippen LogP contribution in [-0.4, -0.2) is 16.5 Å². The van der Waals surface area contributed by atoms with Crippen LogP contribution in [0.5, 0.6) is 0 Å². The number of anilines is 1. The SMILES string of the molecule is Cc1ccc(CCNc2ncncc2Cl)c(C)c1. The zero-order chi connectivity index (χ0) is 13.0. The Hall–Kier alpha value is -1.61. The Morgan fingerprint density at radius 1 is 1.28 bits per heavy atom. The molecule has 1 N–H and O–H groups in total. The first-order chi connectivity index (χ1) is 8.66. The zero-order valence-corrected chi connectivity index (χ0v) is 11.3. The van der Waals surface area contributed by atoms with Gasteiger partial charge in [-0.3, -0.25) is 0 Å². The maximum absolute atomic E-state index is 5.97. The smallest absolute Gasteiger partial charge is 0.148 e. The van der Waals surface area contributed by atoms with Gasteiger partial charge in [0.15, 0.2) is 0 Å². The second-order valence-electron chi connectivity index (χ2n) is 4.33. The van der Waals surface area contributed by atoms with Crippen molar-refractivity contribution in [3.63, 3.8) is 0 Å². The summed E-state index contributed by atoms with van der Waals surface area (Å²) in [5.41, 5.74) is 3.96. The molecule has 94 valence electrons. The first-order valence-electron chi connectivity index (χ1n) is 5.92. The number of halogens is 1. The van der Waals surface area contributed by atoms with Crippen LogP contribution in [0.4, 0.5) is 5.82 Å². The Labute approximate surface area is 112 Å². The number of hydrogen-bond acceptors (Lipinski definition) is 3. The monoisotopic (exact) mass is 261 g/mol. The quantitative estimate of drug-likeness (QED) is 0.917. The van der Waals surface area contributed by atoms with Gasteiger partial charge < -0.3 is 5.32 Å². The Kier molecular flexibility index (Phi) is 4.15. The van der Waals surface area contributed by atoms with E-state index in [1.165, 1.54) is 23.0 Å². The summed E-state index contributed by atoms with van der Waals surface area (Å²) in [5, 5.41) is 3.77. The molecule has 0 aliphatic rings. The average Bonchev–Trinajstić information content (AvgIpc) is 2.34. The van der Waals surface area contributed by atoms with Crippen molar-refractivity contribution >= 4 is 17.4 Å². The van der Waals surface area contributed by atoms with Crippen LogP contribution in [0.1, 0.15) is 16.7 Å². The largest absolute Gasteiger partial charge is 0.368 e. The molecule has 18 heavy (non-hydrogen) atoms. The van der Waals surface area contributed by atoms with Crippen molar-refractivity contribution in [2.45, 2.75) is 20.3 Å². The first kappa shape index (κ1) is 12.8. The third-order valence-corrected chi connectivity index (χ3v) is 3.13. The normalized spacial score (nSPS) is 10.4. The van der Waals surface area contributed by atoms with Gasteiger partial charge in [-0.1, -0.05) is 35.4 Å². The van der Waals surface area contributed by atoms with Crippen LogP contribution in [0.3, 0.4) is 0 Å². The molecule has 0 amide bonds. The van der Waals surface area contributed by atoms with Gasteiger partial charge in [0.2, 0.25) is 0 Å². The second-order valence-corrected chi connectivity index (χ2v) is 4.73. The Balaban J connectivity index is 1.95. The van der Waals surface area contributed by atoms with E-state index >= 15 is 0 Å². The van der Waals surface area contributed by atoms with Gasteiger partial charge in [-0.15, -0.1) is 0 Å². The van der Waals surface area contributed by atoms with E-state index < -0.39 is 0 Å². The van der Waals surface area contributed by atoms with Crippen LogP contribution in [0.25, 0.3) is 0 Å². The second kappa shape index (κ2) is 5.83. The highest BCUT2D eigenvalue weighted by Gasteiger charge is 2.02. The van der Waals surface area contributed by atoms with E-state index in [1.54, 1.807) is 6.20 Å². The van der Waals surface area contributed by atoms with E-state index in [9.17, 15) is 0 Å². The molecule has 0 atom stereocenters. The number of rotatable bonds is 4. The maximum Gasteiger partial charge on any atom is 0.148 e. The lowest BCUT2D eigenvalue weighted by Gasteiger charge is -2.09. The molecule has 0 fully saturated rings. The Bertz CT molecular complexity index is 540. The number of benzene rings is 1. The molecule has 0 spiro atoms. The molecule has 0 saturated heterocycles. The number of hydrogen-bond donors (Lipinski definition) is 1. The van der Waals surface area contributed by atoms with Crippen molar-refractivity contribution in [1.82, 2.24) is 9.97 Å². The summed E-state index contributed by atoms with van der Waals surface area (Å²) < 4.78 is 0. The number of aryl methyl sites for hydroxylation is 2. The Morgan fingerprint density at radius 3 is 2.83 bits per heavy atom. The fourth-order valence-corrected chi connectivity index (χ4v) is 2.06. The number of nitrogens with one attached hydrogen (secondary N) is 1. The highest BCUT2D eigenvalue weighted by Crippen LogP contribution is 2.16. The summed E-state index contributed by atoms with van der Waals surface area (Å²) in [6.07, 6.45) is 4.03. The van der Waals surface area contributed by atoms with Crippen LogP contribution in [-0.2, 0) is 6.42 Å². The minimum Gasteiger partial charge on any atom is -0.368 e. The van der Waals surface area contributed by atoms with Crippen molar-refractivity contribution in [2.75, 3.05) is 11.9 Å². The summed E-state index contributed by atoms with van der Waals surface area (Å²) in [5.74, 6) is 0.691. The Morgan fingerprint density at radius 2 is 2.11 bits per heavy atom. The van der Waals surface area contributed by atoms with E-state index in [1.807, 2.05) is 0 Å². The minimum atomic E-state index is 0.554. The van der Waals surface area contributed by atoms with Crippen LogP contribution < -0.4 is 5.32 Å². The molecule has 1 heterocycles. The summed E-state index contributed by atoms with van der Waals surface area (Å²) in [6, 6.07) is 6.51. The molecule has 4 heteroatoms. The number of aromatic nitrogens is 2. The minimum absolute atomic E-state index is 0.554. The van der Waals surface area contributed by atoms with E-state index in [0.717, 1.165) is 13.0 Å². The molecule has 0 unspecified atom stereocenters. The predicted octanol–water partition coefficient (Wildman–Crippen LogP) is 3.40. The summed E-state index contributed by atoms with van der Waals surface area (Å²) >= 11 is 5.97. The van der Waals surface area contributed by atoms with E-state index in [-0.39, 0.29) is 0 Å².